The molecule has 8 aromatic rings. The van der Waals surface area contributed by atoms with Gasteiger partial charge in [-0.3, -0.25) is 68.4 Å². The number of amides is 10. The van der Waals surface area contributed by atoms with Gasteiger partial charge in [0.15, 0.2) is 25.2 Å². The van der Waals surface area contributed by atoms with Crippen molar-refractivity contribution in [1.29, 1.82) is 0 Å². The number of fused-ring (bicyclic) bond motifs is 10. The molecule has 13 N–H and O–H groups in total. The van der Waals surface area contributed by atoms with Crippen molar-refractivity contribution < 1.29 is 126 Å². The molecule has 4 aromatic heterocycles. The van der Waals surface area contributed by atoms with E-state index in [0.717, 1.165) is 55.0 Å². The number of nitrogens with one attached hydrogen (secondary N) is 7. The summed E-state index contributed by atoms with van der Waals surface area (Å²) in [4.78, 5) is 199. The number of esters is 1. The molecule has 9 atom stereocenters. The summed E-state index contributed by atoms with van der Waals surface area (Å²) in [5, 5.41) is 84.1. The number of aryl methyl sites for hydroxylation is 2. The van der Waals surface area contributed by atoms with E-state index in [1.54, 1.807) is 110 Å². The van der Waals surface area contributed by atoms with E-state index in [9.17, 15) is 97.8 Å². The number of hydrogen-bond acceptors (Lipinski definition) is 30. The van der Waals surface area contributed by atoms with Crippen molar-refractivity contribution in [2.24, 2.45) is 5.92 Å². The summed E-state index contributed by atoms with van der Waals surface area (Å²) < 4.78 is 47.9. The first-order chi connectivity index (χ1) is 64.4. The van der Waals surface area contributed by atoms with Gasteiger partial charge in [0.05, 0.1) is 83.3 Å². The number of carbonyl (C=O) groups excluding carboxylic acids is 11. The van der Waals surface area contributed by atoms with Crippen LogP contribution in [0.2, 0.25) is 0 Å². The number of likely N-dealkylation sites (N-methyl/N-ethyl adjacent to an activating group) is 1. The summed E-state index contributed by atoms with van der Waals surface area (Å²) >= 11 is 0. The van der Waals surface area contributed by atoms with Crippen molar-refractivity contribution in [3.05, 3.63) is 192 Å². The highest BCUT2D eigenvalue weighted by Crippen LogP contribution is 2.45. The van der Waals surface area contributed by atoms with Crippen molar-refractivity contribution in [3.63, 3.8) is 0 Å². The molecule has 135 heavy (non-hydrogen) atoms. The third-order valence-electron chi connectivity index (χ3n) is 24.4. The number of nitrogens with zero attached hydrogens (tertiary/aromatic N) is 7. The Morgan fingerprint density at radius 1 is 0.607 bits per heavy atom. The molecule has 10 amide bonds. The Bertz CT molecular complexity index is 6280. The molecule has 712 valence electrons. The summed E-state index contributed by atoms with van der Waals surface area (Å²) in [7, 11) is 1.26. The number of cyclic esters (lactones) is 1. The van der Waals surface area contributed by atoms with Crippen LogP contribution in [0.15, 0.2) is 125 Å². The van der Waals surface area contributed by atoms with Crippen LogP contribution in [0.1, 0.15) is 123 Å². The number of benzene rings is 4. The largest absolute Gasteiger partial charge is 0.490 e. The monoisotopic (exact) mass is 1860 g/mol. The topological polar surface area (TPSA) is 564 Å². The maximum atomic E-state index is 14.0. The third kappa shape index (κ3) is 20.4. The Labute approximate surface area is 769 Å². The molecule has 0 radical (unpaired) electrons. The van der Waals surface area contributed by atoms with Gasteiger partial charge in [0, 0.05) is 84.0 Å². The van der Waals surface area contributed by atoms with E-state index in [1.807, 2.05) is 13.8 Å². The quantitative estimate of drug-likeness (QED) is 0.0116. The van der Waals surface area contributed by atoms with E-state index < -0.39 is 164 Å². The first-order valence-electron chi connectivity index (χ1n) is 43.7. The number of carbonyl (C=O) groups is 12. The van der Waals surface area contributed by atoms with Gasteiger partial charge in [-0.15, -0.1) is 0 Å². The number of aliphatic hydroxyl groups excluding tert-OH is 3. The summed E-state index contributed by atoms with van der Waals surface area (Å²) in [6, 6.07) is 21.5. The standard InChI is InChI=1S/C93H102N14O28/c1-10-54-56-32-53(19-21-64(56)100-77-58(54)35-106-67(77)33-62-60(85(106)119)42-128-48(8)92(62,126)12-3)133-45-96-91(125)131-41-50-16-23-69(134-88-81(116)79(114)80(115)82(135-88)87(121)122)66(30-50)99-71(109)37-103(9)73(111)26-27-94-70(108)38-104(28-29-105-74(112)24-25-75(105)113)39-72(110)102-76(46(5)6)84(118)97-47(7)83(117)98-51-17-14-49(15-18-51)40-130-90(124)95-44-132-52-20-22-65-57(31-52)55(11-2)59-36-107-68(78(59)101-65)34-63-61(86(107)120)43-129-89(123)93(63,127)13-4/h14-25,30-34,46-47,76,79-82,88,114-116,126-127H,8,10-13,26-29,35-45H2,1-7,9H3,(H,94,108)(H,95,124)(H,96,125)(H,97,118)(H,98,117)(H,99,109)(H,102,110)(H,121,122)/t47-,76-,79-,80-,81+,82-,88+,92+,93-/m0/s1. The first-order valence-corrected chi connectivity index (χ1v) is 43.7. The lowest BCUT2D eigenvalue weighted by Gasteiger charge is -2.38. The fourth-order valence-corrected chi connectivity index (χ4v) is 16.9. The highest BCUT2D eigenvalue weighted by molar-refractivity contribution is 6.13. The van der Waals surface area contributed by atoms with Gasteiger partial charge >= 0.3 is 24.1 Å². The van der Waals surface area contributed by atoms with Gasteiger partial charge in [0.25, 0.3) is 22.9 Å². The number of ether oxygens (including phenoxy) is 8. The minimum absolute atomic E-state index is 0.00814. The molecule has 6 aliphatic heterocycles. The second kappa shape index (κ2) is 40.5. The molecule has 0 saturated carbocycles. The van der Waals surface area contributed by atoms with Gasteiger partial charge in [-0.05, 0) is 134 Å². The molecular formula is C93H102N14O28. The number of carboxylic acid groups (broad SMARTS) is 1. The first kappa shape index (κ1) is 96.5. The molecule has 1 fully saturated rings. The Morgan fingerprint density at radius 3 is 1.71 bits per heavy atom. The number of imide groups is 1. The molecule has 0 unspecified atom stereocenters. The van der Waals surface area contributed by atoms with E-state index >= 15 is 0 Å². The molecule has 4 aromatic carbocycles. The number of alkyl carbamates (subject to hydrolysis) is 2. The van der Waals surface area contributed by atoms with Crippen LogP contribution in [0.4, 0.5) is 21.0 Å². The van der Waals surface area contributed by atoms with Crippen molar-refractivity contribution >= 4 is 105 Å². The van der Waals surface area contributed by atoms with Gasteiger partial charge < -0.3 is 109 Å². The van der Waals surface area contributed by atoms with Gasteiger partial charge in [-0.2, -0.15) is 0 Å². The zero-order chi connectivity index (χ0) is 96.9. The van der Waals surface area contributed by atoms with Gasteiger partial charge in [-0.1, -0.05) is 66.3 Å². The van der Waals surface area contributed by atoms with E-state index in [4.69, 9.17) is 47.9 Å². The summed E-state index contributed by atoms with van der Waals surface area (Å²) in [6.07, 6.45) is -8.97. The molecule has 42 heteroatoms. The normalized spacial score (nSPS) is 19.3. The summed E-state index contributed by atoms with van der Waals surface area (Å²) in [6.45, 7) is 12.2. The Balaban J connectivity index is 0.531. The molecule has 0 aliphatic carbocycles. The van der Waals surface area contributed by atoms with Crippen LogP contribution in [-0.2, 0) is 135 Å². The lowest BCUT2D eigenvalue weighted by molar-refractivity contribution is -0.271. The second-order valence-electron chi connectivity index (χ2n) is 33.5. The number of hydrogen-bond donors (Lipinski definition) is 13. The average molecular weight is 1860 g/mol. The Hall–Kier alpha value is -14.6. The van der Waals surface area contributed by atoms with Crippen LogP contribution in [0.3, 0.4) is 0 Å². The van der Waals surface area contributed by atoms with Crippen molar-refractivity contribution in [3.8, 4) is 40.0 Å². The van der Waals surface area contributed by atoms with Crippen molar-refractivity contribution in [1.82, 2.24) is 60.4 Å². The van der Waals surface area contributed by atoms with Gasteiger partial charge in [-0.25, -0.2) is 29.1 Å². The molecule has 0 bridgehead atoms. The lowest BCUT2D eigenvalue weighted by atomic mass is 9.84. The molecule has 1 saturated heterocycles. The molecular weight excluding hydrogens is 1760 g/mol. The number of pyridine rings is 4. The predicted molar refractivity (Wildman–Crippen MR) is 477 cm³/mol. The second-order valence-corrected chi connectivity index (χ2v) is 33.5. The van der Waals surface area contributed by atoms with Crippen LogP contribution < -0.4 is 62.5 Å². The van der Waals surface area contributed by atoms with E-state index in [1.165, 1.54) is 37.1 Å². The molecule has 10 heterocycles. The Kier molecular flexibility index (Phi) is 28.9. The number of anilines is 2. The predicted octanol–water partition coefficient (Wildman–Crippen LogP) is 2.80. The molecule has 6 aliphatic rings. The van der Waals surface area contributed by atoms with E-state index in [0.29, 0.717) is 80.5 Å². The summed E-state index contributed by atoms with van der Waals surface area (Å²) in [5.41, 5.74) is 4.68. The Morgan fingerprint density at radius 2 is 1.16 bits per heavy atom. The number of aliphatic carboxylic acids is 1. The van der Waals surface area contributed by atoms with Crippen LogP contribution in [-0.4, -0.2) is 238 Å². The summed E-state index contributed by atoms with van der Waals surface area (Å²) in [5.74, 6) is -8.26. The highest BCUT2D eigenvalue weighted by atomic mass is 16.7. The van der Waals surface area contributed by atoms with Crippen LogP contribution in [0.5, 0.6) is 17.2 Å². The smallest absolute Gasteiger partial charge is 0.410 e. The van der Waals surface area contributed by atoms with Crippen LogP contribution in [0.25, 0.3) is 44.6 Å². The highest BCUT2D eigenvalue weighted by Gasteiger charge is 2.50. The zero-order valence-electron chi connectivity index (χ0n) is 74.9. The van der Waals surface area contributed by atoms with Crippen LogP contribution >= 0.6 is 0 Å². The third-order valence-corrected chi connectivity index (χ3v) is 24.4. The number of rotatable bonds is 36. The molecule has 0 spiro atoms. The van der Waals surface area contributed by atoms with E-state index in [2.05, 4.69) is 43.8 Å². The molecule has 14 rings (SSSR count). The zero-order valence-corrected chi connectivity index (χ0v) is 74.9. The maximum absolute atomic E-state index is 14.0. The maximum Gasteiger partial charge on any atom is 0.410 e. The van der Waals surface area contributed by atoms with Gasteiger partial charge in [0.2, 0.25) is 41.7 Å². The molecule has 42 nitrogen and oxygen atoms in total. The minimum atomic E-state index is -2.08. The number of aliphatic hydroxyl groups is 5. The van der Waals surface area contributed by atoms with Crippen molar-refractivity contribution in [2.75, 3.05) is 70.4 Å². The number of carboxylic acids is 1. The van der Waals surface area contributed by atoms with E-state index in [-0.39, 0.29) is 124 Å². The number of aromatic nitrogens is 4. The van der Waals surface area contributed by atoms with Crippen molar-refractivity contribution in [2.45, 2.75) is 174 Å². The fraction of sp³-hybridized carbons (Fsp3) is 0.398. The average Bonchev–Trinajstić information content (AvgIpc) is 1.60. The van der Waals surface area contributed by atoms with Gasteiger partial charge in [0.1, 0.15) is 85.4 Å². The minimum Gasteiger partial charge on any atom is -0.490 e. The lowest BCUT2D eigenvalue weighted by Crippen LogP contribution is -2.61. The fourth-order valence-electron chi connectivity index (χ4n) is 16.9. The van der Waals surface area contributed by atoms with Crippen LogP contribution in [0, 0.1) is 5.92 Å². The SMILES string of the molecule is C=C1OCc2c(cc3n(c2=O)Cc2c-3nc3ccc(OCNC(=O)OCc4ccc(O[C@@H]5O[C@H](C(=O)O)[C@@H](O)[C@H](O)[C@H]5O)c(NC(=O)CN(C)C(=O)CCNC(=O)CN(CCN5C(=O)C=CC5=O)CC(=O)N[C@H](C(=O)N[C@@H](C)C(=O)Nc5ccc(COC(=O)NCOc6ccc7nc8c(c(CC)c7c6)Cn6c-8cc7c(c6=O)COC(=O)[C@]7(O)CC)cc5)C(C)C)c4)cc3c2CC)[C@@]1(O)CC.